The van der Waals surface area contributed by atoms with Crippen molar-refractivity contribution in [3.05, 3.63) is 29.3 Å². The molecule has 1 aromatic carbocycles. The molecule has 1 aromatic rings. The zero-order valence-electron chi connectivity index (χ0n) is 11.0. The third kappa shape index (κ3) is 4.75. The second-order valence-corrected chi connectivity index (χ2v) is 4.98. The molecule has 0 saturated heterocycles. The summed E-state index contributed by atoms with van der Waals surface area (Å²) in [7, 11) is 0. The molecule has 96 valence electrons. The standard InChI is InChI=1S/C14H23NO2/c1-4-7-14(3,17)10-15-9-12-8-11(2)5-6-13(12)16/h5-6,8,15-17H,4,7,9-10H2,1-3H3. The Bertz CT molecular complexity index is 361. The number of aliphatic hydroxyl groups is 1. The second kappa shape index (κ2) is 6.03. The number of phenols is 1. The summed E-state index contributed by atoms with van der Waals surface area (Å²) >= 11 is 0. The van der Waals surface area contributed by atoms with Crippen LogP contribution in [0.25, 0.3) is 0 Å². The van der Waals surface area contributed by atoms with Gasteiger partial charge in [-0.25, -0.2) is 0 Å². The zero-order valence-corrected chi connectivity index (χ0v) is 11.0. The predicted octanol–water partition coefficient (Wildman–Crippen LogP) is 2.34. The van der Waals surface area contributed by atoms with Crippen molar-refractivity contribution in [3.63, 3.8) is 0 Å². The van der Waals surface area contributed by atoms with E-state index in [1.807, 2.05) is 26.0 Å². The maximum absolute atomic E-state index is 9.99. The maximum atomic E-state index is 9.99. The van der Waals surface area contributed by atoms with Gasteiger partial charge in [0, 0.05) is 18.7 Å². The van der Waals surface area contributed by atoms with Crippen molar-refractivity contribution in [2.75, 3.05) is 6.54 Å². The third-order valence-electron chi connectivity index (χ3n) is 2.84. The van der Waals surface area contributed by atoms with Gasteiger partial charge in [0.25, 0.3) is 0 Å². The van der Waals surface area contributed by atoms with Gasteiger partial charge >= 0.3 is 0 Å². The quantitative estimate of drug-likeness (QED) is 0.712. The Hall–Kier alpha value is -1.06. The maximum Gasteiger partial charge on any atom is 0.120 e. The van der Waals surface area contributed by atoms with Crippen molar-refractivity contribution in [3.8, 4) is 5.75 Å². The molecule has 3 heteroatoms. The Labute approximate surface area is 103 Å². The highest BCUT2D eigenvalue weighted by atomic mass is 16.3. The van der Waals surface area contributed by atoms with Crippen molar-refractivity contribution >= 4 is 0 Å². The molecular formula is C14H23NO2. The Morgan fingerprint density at radius 1 is 1.35 bits per heavy atom. The predicted molar refractivity (Wildman–Crippen MR) is 70.1 cm³/mol. The van der Waals surface area contributed by atoms with Crippen LogP contribution in [-0.4, -0.2) is 22.4 Å². The molecule has 0 bridgehead atoms. The van der Waals surface area contributed by atoms with Gasteiger partial charge in [0.1, 0.15) is 5.75 Å². The molecule has 0 saturated carbocycles. The number of nitrogens with one attached hydrogen (secondary N) is 1. The van der Waals surface area contributed by atoms with Crippen molar-refractivity contribution in [2.24, 2.45) is 0 Å². The van der Waals surface area contributed by atoms with E-state index in [1.54, 1.807) is 6.07 Å². The second-order valence-electron chi connectivity index (χ2n) is 4.98. The Kier molecular flexibility index (Phi) is 4.97. The van der Waals surface area contributed by atoms with Gasteiger partial charge in [0.2, 0.25) is 0 Å². The summed E-state index contributed by atoms with van der Waals surface area (Å²) in [6.07, 6.45) is 1.74. The molecule has 0 aromatic heterocycles. The number of benzene rings is 1. The molecule has 0 heterocycles. The SMILES string of the molecule is CCCC(C)(O)CNCc1cc(C)ccc1O. The van der Waals surface area contributed by atoms with Crippen LogP contribution in [0.5, 0.6) is 5.75 Å². The minimum absolute atomic E-state index is 0.304. The monoisotopic (exact) mass is 237 g/mol. The lowest BCUT2D eigenvalue weighted by atomic mass is 10.0. The highest BCUT2D eigenvalue weighted by Crippen LogP contribution is 2.18. The van der Waals surface area contributed by atoms with Gasteiger partial charge in [0.15, 0.2) is 0 Å². The molecule has 17 heavy (non-hydrogen) atoms. The van der Waals surface area contributed by atoms with Gasteiger partial charge in [0.05, 0.1) is 5.60 Å². The van der Waals surface area contributed by atoms with Crippen LogP contribution in [0.2, 0.25) is 0 Å². The average molecular weight is 237 g/mol. The molecule has 0 radical (unpaired) electrons. The first-order valence-electron chi connectivity index (χ1n) is 6.16. The normalized spacial score (nSPS) is 14.6. The van der Waals surface area contributed by atoms with E-state index in [0.717, 1.165) is 24.0 Å². The fraction of sp³-hybridized carbons (Fsp3) is 0.571. The van der Waals surface area contributed by atoms with E-state index in [4.69, 9.17) is 0 Å². The van der Waals surface area contributed by atoms with Crippen LogP contribution in [0.1, 0.15) is 37.8 Å². The van der Waals surface area contributed by atoms with E-state index in [0.29, 0.717) is 18.8 Å². The summed E-state index contributed by atoms with van der Waals surface area (Å²) in [4.78, 5) is 0. The van der Waals surface area contributed by atoms with Gasteiger partial charge in [-0.1, -0.05) is 31.0 Å². The highest BCUT2D eigenvalue weighted by molar-refractivity contribution is 5.35. The molecule has 0 spiro atoms. The summed E-state index contributed by atoms with van der Waals surface area (Å²) in [5.74, 6) is 0.304. The molecule has 1 unspecified atom stereocenters. The topological polar surface area (TPSA) is 52.5 Å². The summed E-state index contributed by atoms with van der Waals surface area (Å²) in [5.41, 5.74) is 1.32. The van der Waals surface area contributed by atoms with E-state index >= 15 is 0 Å². The molecule has 0 aliphatic rings. The fourth-order valence-corrected chi connectivity index (χ4v) is 1.95. The van der Waals surface area contributed by atoms with Crippen LogP contribution in [0.4, 0.5) is 0 Å². The Morgan fingerprint density at radius 2 is 2.06 bits per heavy atom. The van der Waals surface area contributed by atoms with Crippen molar-refractivity contribution < 1.29 is 10.2 Å². The van der Waals surface area contributed by atoms with Gasteiger partial charge in [-0.05, 0) is 26.3 Å². The summed E-state index contributed by atoms with van der Waals surface area (Å²) in [6, 6.07) is 5.54. The Balaban J connectivity index is 2.48. The van der Waals surface area contributed by atoms with E-state index < -0.39 is 5.60 Å². The number of hydrogen-bond acceptors (Lipinski definition) is 3. The third-order valence-corrected chi connectivity index (χ3v) is 2.84. The van der Waals surface area contributed by atoms with Crippen LogP contribution in [0, 0.1) is 6.92 Å². The largest absolute Gasteiger partial charge is 0.508 e. The first-order chi connectivity index (χ1) is 7.94. The lowest BCUT2D eigenvalue weighted by molar-refractivity contribution is 0.0497. The molecule has 0 fully saturated rings. The molecule has 0 aliphatic carbocycles. The van der Waals surface area contributed by atoms with Crippen LogP contribution in [-0.2, 0) is 6.54 Å². The average Bonchev–Trinajstić information content (AvgIpc) is 2.23. The van der Waals surface area contributed by atoms with Gasteiger partial charge < -0.3 is 15.5 Å². The smallest absolute Gasteiger partial charge is 0.120 e. The molecule has 3 nitrogen and oxygen atoms in total. The molecular weight excluding hydrogens is 214 g/mol. The van der Waals surface area contributed by atoms with Crippen LogP contribution < -0.4 is 5.32 Å². The zero-order chi connectivity index (χ0) is 12.9. The number of aryl methyl sites for hydroxylation is 1. The number of rotatable bonds is 6. The summed E-state index contributed by atoms with van der Waals surface area (Å²) in [5, 5.41) is 22.8. The summed E-state index contributed by atoms with van der Waals surface area (Å²) in [6.45, 7) is 7.00. The number of aromatic hydroxyl groups is 1. The Morgan fingerprint density at radius 3 is 2.71 bits per heavy atom. The van der Waals surface area contributed by atoms with Crippen LogP contribution >= 0.6 is 0 Å². The van der Waals surface area contributed by atoms with Crippen molar-refractivity contribution in [1.29, 1.82) is 0 Å². The van der Waals surface area contributed by atoms with Gasteiger partial charge in [-0.15, -0.1) is 0 Å². The van der Waals surface area contributed by atoms with E-state index in [1.165, 1.54) is 0 Å². The lowest BCUT2D eigenvalue weighted by Gasteiger charge is -2.23. The van der Waals surface area contributed by atoms with Crippen LogP contribution in [0.15, 0.2) is 18.2 Å². The highest BCUT2D eigenvalue weighted by Gasteiger charge is 2.18. The van der Waals surface area contributed by atoms with Crippen LogP contribution in [0.3, 0.4) is 0 Å². The number of hydrogen-bond donors (Lipinski definition) is 3. The van der Waals surface area contributed by atoms with E-state index in [-0.39, 0.29) is 0 Å². The number of phenolic OH excluding ortho intramolecular Hbond substituents is 1. The molecule has 0 amide bonds. The van der Waals surface area contributed by atoms with E-state index in [2.05, 4.69) is 12.2 Å². The molecule has 1 atom stereocenters. The van der Waals surface area contributed by atoms with Crippen molar-refractivity contribution in [1.82, 2.24) is 5.32 Å². The lowest BCUT2D eigenvalue weighted by Crippen LogP contribution is -2.37. The minimum Gasteiger partial charge on any atom is -0.508 e. The minimum atomic E-state index is -0.672. The summed E-state index contributed by atoms with van der Waals surface area (Å²) < 4.78 is 0. The molecule has 3 N–H and O–H groups in total. The first kappa shape index (κ1) is 14.0. The molecule has 1 rings (SSSR count). The van der Waals surface area contributed by atoms with Gasteiger partial charge in [-0.3, -0.25) is 0 Å². The van der Waals surface area contributed by atoms with E-state index in [9.17, 15) is 10.2 Å². The molecule has 0 aliphatic heterocycles. The van der Waals surface area contributed by atoms with Gasteiger partial charge in [-0.2, -0.15) is 0 Å². The fourth-order valence-electron chi connectivity index (χ4n) is 1.95. The first-order valence-corrected chi connectivity index (χ1v) is 6.16. The van der Waals surface area contributed by atoms with Crippen molar-refractivity contribution in [2.45, 2.75) is 45.8 Å².